The van der Waals surface area contributed by atoms with E-state index in [4.69, 9.17) is 23.1 Å². The van der Waals surface area contributed by atoms with Gasteiger partial charge in [0.1, 0.15) is 17.2 Å². The summed E-state index contributed by atoms with van der Waals surface area (Å²) in [6.07, 6.45) is 2.99. The van der Waals surface area contributed by atoms with Crippen molar-refractivity contribution in [2.24, 2.45) is 16.5 Å². The molecule has 108 valence electrons. The quantitative estimate of drug-likeness (QED) is 0.359. The van der Waals surface area contributed by atoms with Gasteiger partial charge in [-0.1, -0.05) is 11.6 Å². The molecule has 0 radical (unpaired) electrons. The Morgan fingerprint density at radius 3 is 2.85 bits per heavy atom. The van der Waals surface area contributed by atoms with Crippen LogP contribution in [0.2, 0.25) is 5.02 Å². The van der Waals surface area contributed by atoms with E-state index in [2.05, 4.69) is 20.6 Å². The molecular formula is C11H15ClN6O2. The summed E-state index contributed by atoms with van der Waals surface area (Å²) in [5.74, 6) is -0.459. The number of hydrogen-bond donors (Lipinski definition) is 5. The first-order valence-corrected chi connectivity index (χ1v) is 5.97. The van der Waals surface area contributed by atoms with Crippen molar-refractivity contribution in [2.45, 2.75) is 0 Å². The van der Waals surface area contributed by atoms with E-state index in [0.717, 1.165) is 0 Å². The van der Waals surface area contributed by atoms with E-state index < -0.39 is 11.5 Å². The smallest absolute Gasteiger partial charge is 0.272 e. The van der Waals surface area contributed by atoms with Gasteiger partial charge in [0.15, 0.2) is 0 Å². The molecule has 1 rings (SSSR count). The summed E-state index contributed by atoms with van der Waals surface area (Å²) < 4.78 is 0. The molecule has 0 aliphatic rings. The molecule has 0 aliphatic heterocycles. The summed E-state index contributed by atoms with van der Waals surface area (Å²) in [4.78, 5) is 29.1. The Morgan fingerprint density at radius 1 is 1.60 bits per heavy atom. The lowest BCUT2D eigenvalue weighted by Crippen LogP contribution is -2.22. The van der Waals surface area contributed by atoms with Crippen LogP contribution in [0.5, 0.6) is 0 Å². The number of aromatic amines is 1. The predicted molar refractivity (Wildman–Crippen MR) is 78.9 cm³/mol. The van der Waals surface area contributed by atoms with E-state index in [1.54, 1.807) is 13.1 Å². The third kappa shape index (κ3) is 4.11. The number of halogens is 1. The van der Waals surface area contributed by atoms with Gasteiger partial charge < -0.3 is 27.1 Å². The molecule has 20 heavy (non-hydrogen) atoms. The molecule has 0 aromatic carbocycles. The van der Waals surface area contributed by atoms with Crippen molar-refractivity contribution in [1.82, 2.24) is 10.3 Å². The summed E-state index contributed by atoms with van der Waals surface area (Å²) >= 11 is 5.86. The Labute approximate surface area is 119 Å². The molecular weight excluding hydrogens is 284 g/mol. The van der Waals surface area contributed by atoms with Crippen LogP contribution in [0.15, 0.2) is 27.8 Å². The zero-order valence-corrected chi connectivity index (χ0v) is 11.5. The van der Waals surface area contributed by atoms with Gasteiger partial charge in [-0.05, 0) is 12.1 Å². The number of amides is 1. The second kappa shape index (κ2) is 7.31. The number of aliphatic imine (C=N–C) groups is 1. The molecule has 0 unspecified atom stereocenters. The van der Waals surface area contributed by atoms with Crippen LogP contribution >= 0.6 is 11.6 Å². The average Bonchev–Trinajstić information content (AvgIpc) is 2.39. The third-order valence-electron chi connectivity index (χ3n) is 2.15. The number of nitrogens with zero attached hydrogens (tertiary/aromatic N) is 1. The minimum atomic E-state index is -0.815. The topological polar surface area (TPSA) is 138 Å². The van der Waals surface area contributed by atoms with Crippen molar-refractivity contribution < 1.29 is 4.79 Å². The maximum absolute atomic E-state index is 11.8. The van der Waals surface area contributed by atoms with Gasteiger partial charge in [0, 0.05) is 13.6 Å². The minimum Gasteiger partial charge on any atom is -0.379 e. The van der Waals surface area contributed by atoms with Crippen LogP contribution in [-0.2, 0) is 0 Å². The van der Waals surface area contributed by atoms with Gasteiger partial charge >= 0.3 is 0 Å². The number of carbonyl (C=O) groups is 1. The molecule has 9 heteroatoms. The highest BCUT2D eigenvalue weighted by atomic mass is 35.5. The van der Waals surface area contributed by atoms with Crippen LogP contribution < -0.4 is 27.7 Å². The van der Waals surface area contributed by atoms with Crippen LogP contribution in [0, 0.1) is 0 Å². The van der Waals surface area contributed by atoms with Crippen LogP contribution in [0.3, 0.4) is 0 Å². The molecule has 0 fully saturated rings. The SMILES string of the molecule is CN/C=N\C(=C/CN)Nc1cc(Cl)c(C(N)=O)[nH]c1=O. The fraction of sp³-hybridized carbons (Fsp3) is 0.182. The van der Waals surface area contributed by atoms with Gasteiger partial charge in [0.2, 0.25) is 0 Å². The molecule has 7 N–H and O–H groups in total. The van der Waals surface area contributed by atoms with E-state index >= 15 is 0 Å². The fourth-order valence-electron chi connectivity index (χ4n) is 1.30. The second-order valence-electron chi connectivity index (χ2n) is 3.60. The molecule has 0 aliphatic carbocycles. The molecule has 1 heterocycles. The van der Waals surface area contributed by atoms with Crippen LogP contribution in [0.25, 0.3) is 0 Å². The predicted octanol–water partition coefficient (Wildman–Crippen LogP) is -0.413. The highest BCUT2D eigenvalue weighted by molar-refractivity contribution is 6.33. The normalized spacial score (nSPS) is 11.7. The summed E-state index contributed by atoms with van der Waals surface area (Å²) in [7, 11) is 1.68. The maximum atomic E-state index is 11.8. The summed E-state index contributed by atoms with van der Waals surface area (Å²) in [5, 5.41) is 5.49. The van der Waals surface area contributed by atoms with Crippen molar-refractivity contribution >= 4 is 29.5 Å². The molecule has 1 amide bonds. The van der Waals surface area contributed by atoms with Gasteiger partial charge in [-0.25, -0.2) is 4.99 Å². The number of primary amides is 1. The highest BCUT2D eigenvalue weighted by Gasteiger charge is 2.11. The van der Waals surface area contributed by atoms with Crippen LogP contribution in [-0.4, -0.2) is 30.8 Å². The first-order chi connectivity index (χ1) is 9.49. The van der Waals surface area contributed by atoms with Crippen LogP contribution in [0.1, 0.15) is 10.5 Å². The molecule has 0 saturated heterocycles. The Balaban J connectivity index is 3.12. The summed E-state index contributed by atoms with van der Waals surface area (Å²) in [6.45, 7) is 0.231. The van der Waals surface area contributed by atoms with E-state index in [1.807, 2.05) is 0 Å². The molecule has 1 aromatic rings. The number of pyridine rings is 1. The Hall–Kier alpha value is -2.32. The minimum absolute atomic E-state index is 0.0318. The largest absolute Gasteiger partial charge is 0.379 e. The van der Waals surface area contributed by atoms with Gasteiger partial charge in [-0.2, -0.15) is 0 Å². The Morgan fingerprint density at radius 2 is 2.30 bits per heavy atom. The van der Waals surface area contributed by atoms with Crippen molar-refractivity contribution in [1.29, 1.82) is 0 Å². The molecule has 8 nitrogen and oxygen atoms in total. The molecule has 0 saturated carbocycles. The van der Waals surface area contributed by atoms with Crippen molar-refractivity contribution in [3.63, 3.8) is 0 Å². The number of carbonyl (C=O) groups excluding carboxylic acids is 1. The third-order valence-corrected chi connectivity index (χ3v) is 2.44. The highest BCUT2D eigenvalue weighted by Crippen LogP contribution is 2.16. The van der Waals surface area contributed by atoms with Gasteiger partial charge in [-0.15, -0.1) is 0 Å². The molecule has 0 bridgehead atoms. The van der Waals surface area contributed by atoms with Gasteiger partial charge in [0.05, 0.1) is 11.4 Å². The second-order valence-corrected chi connectivity index (χ2v) is 4.00. The Kier molecular flexibility index (Phi) is 5.75. The standard InChI is InChI=1S/C11H15ClN6O2/c1-15-5-16-8(2-3-13)17-7-4-6(12)9(10(14)19)18-11(7)20/h2,4-5,17H,3,13H2,1H3,(H2,14,19)(H,15,16)(H,18,20)/b8-2+. The zero-order chi connectivity index (χ0) is 15.1. The molecule has 0 spiro atoms. The van der Waals surface area contributed by atoms with Gasteiger partial charge in [-0.3, -0.25) is 9.59 Å². The van der Waals surface area contributed by atoms with Crippen LogP contribution in [0.4, 0.5) is 5.69 Å². The van der Waals surface area contributed by atoms with Crippen molar-refractivity contribution in [3.05, 3.63) is 39.0 Å². The van der Waals surface area contributed by atoms with Crippen molar-refractivity contribution in [2.75, 3.05) is 18.9 Å². The van der Waals surface area contributed by atoms with E-state index in [9.17, 15) is 9.59 Å². The zero-order valence-electron chi connectivity index (χ0n) is 10.7. The fourth-order valence-corrected chi connectivity index (χ4v) is 1.55. The van der Waals surface area contributed by atoms with E-state index in [0.29, 0.717) is 5.82 Å². The average molecular weight is 299 g/mol. The lowest BCUT2D eigenvalue weighted by Gasteiger charge is -2.07. The summed E-state index contributed by atoms with van der Waals surface area (Å²) in [5.41, 5.74) is 9.90. The van der Waals surface area contributed by atoms with E-state index in [-0.39, 0.29) is 22.9 Å². The lowest BCUT2D eigenvalue weighted by atomic mass is 10.3. The van der Waals surface area contributed by atoms with E-state index in [1.165, 1.54) is 12.4 Å². The lowest BCUT2D eigenvalue weighted by molar-refractivity contribution is 0.0995. The number of H-pyrrole nitrogens is 1. The first kappa shape index (κ1) is 15.7. The monoisotopic (exact) mass is 298 g/mol. The number of hydrogen-bond acceptors (Lipinski definition) is 5. The first-order valence-electron chi connectivity index (χ1n) is 5.59. The van der Waals surface area contributed by atoms with Gasteiger partial charge in [0.25, 0.3) is 11.5 Å². The summed E-state index contributed by atoms with van der Waals surface area (Å²) in [6, 6.07) is 1.29. The number of nitrogens with one attached hydrogen (secondary N) is 3. The number of rotatable bonds is 6. The molecule has 1 aromatic heterocycles. The number of nitrogens with two attached hydrogens (primary N) is 2. The van der Waals surface area contributed by atoms with Crippen molar-refractivity contribution in [3.8, 4) is 0 Å². The Bertz CT molecular complexity index is 607. The number of anilines is 1. The molecule has 0 atom stereocenters. The maximum Gasteiger partial charge on any atom is 0.272 e. The number of aromatic nitrogens is 1.